The van der Waals surface area contributed by atoms with E-state index in [0.717, 1.165) is 19.3 Å². The minimum absolute atomic E-state index is 0.00319. The minimum Gasteiger partial charge on any atom is -0.377 e. The quantitative estimate of drug-likeness (QED) is 0.741. The third kappa shape index (κ3) is 3.56. The molecule has 0 radical (unpaired) electrons. The van der Waals surface area contributed by atoms with Gasteiger partial charge in [0.1, 0.15) is 0 Å². The maximum absolute atomic E-state index is 5.92. The molecule has 100 valence electrons. The number of methoxy groups -OCH3 is 1. The van der Waals surface area contributed by atoms with Crippen LogP contribution in [0.4, 0.5) is 0 Å². The fourth-order valence-electron chi connectivity index (χ4n) is 2.94. The highest BCUT2D eigenvalue weighted by Crippen LogP contribution is 2.44. The summed E-state index contributed by atoms with van der Waals surface area (Å²) in [5.74, 6) is 0. The molecule has 0 spiro atoms. The van der Waals surface area contributed by atoms with E-state index in [1.807, 2.05) is 14.2 Å². The summed E-state index contributed by atoms with van der Waals surface area (Å²) >= 11 is 0. The molecule has 0 aliphatic heterocycles. The molecule has 0 aromatic carbocycles. The van der Waals surface area contributed by atoms with E-state index in [4.69, 9.17) is 4.74 Å². The molecule has 1 rings (SSSR count). The van der Waals surface area contributed by atoms with Crippen LogP contribution in [0.1, 0.15) is 52.9 Å². The molecule has 0 amide bonds. The van der Waals surface area contributed by atoms with Crippen molar-refractivity contribution in [2.75, 3.05) is 14.2 Å². The van der Waals surface area contributed by atoms with E-state index in [1.165, 1.54) is 18.4 Å². The summed E-state index contributed by atoms with van der Waals surface area (Å²) in [4.78, 5) is 0. The summed E-state index contributed by atoms with van der Waals surface area (Å²) in [7, 11) is 3.90. The Morgan fingerprint density at radius 2 is 1.82 bits per heavy atom. The van der Waals surface area contributed by atoms with Gasteiger partial charge in [-0.1, -0.05) is 19.4 Å². The van der Waals surface area contributed by atoms with Gasteiger partial charge in [0.25, 0.3) is 0 Å². The van der Waals surface area contributed by atoms with Crippen molar-refractivity contribution in [1.29, 1.82) is 0 Å². The molecule has 1 aliphatic carbocycles. The Morgan fingerprint density at radius 1 is 1.29 bits per heavy atom. The monoisotopic (exact) mass is 239 g/mol. The Labute approximate surface area is 107 Å². The van der Waals surface area contributed by atoms with Crippen molar-refractivity contribution in [3.8, 4) is 0 Å². The Bertz CT molecular complexity index is 260. The second-order valence-electron chi connectivity index (χ2n) is 6.44. The molecule has 17 heavy (non-hydrogen) atoms. The maximum Gasteiger partial charge on any atom is 0.0834 e. The Kier molecular flexibility index (Phi) is 4.79. The van der Waals surface area contributed by atoms with E-state index in [2.05, 4.69) is 32.7 Å². The van der Waals surface area contributed by atoms with Crippen LogP contribution in [0.5, 0.6) is 0 Å². The average molecular weight is 239 g/mol. The predicted octanol–water partition coefficient (Wildman–Crippen LogP) is 3.53. The number of ether oxygens (including phenoxy) is 1. The van der Waals surface area contributed by atoms with Crippen LogP contribution in [0.2, 0.25) is 0 Å². The van der Waals surface area contributed by atoms with Crippen LogP contribution in [0, 0.1) is 5.41 Å². The molecule has 1 atom stereocenters. The van der Waals surface area contributed by atoms with Crippen molar-refractivity contribution in [1.82, 2.24) is 5.32 Å². The van der Waals surface area contributed by atoms with Crippen molar-refractivity contribution in [2.45, 2.75) is 64.5 Å². The normalized spacial score (nSPS) is 24.3. The summed E-state index contributed by atoms with van der Waals surface area (Å²) in [6, 6.07) is 0.390. The SMILES string of the molecule is C=C(C)CC(NC)C1(OC)CCC(C)(C)CC1. The van der Waals surface area contributed by atoms with Gasteiger partial charge >= 0.3 is 0 Å². The van der Waals surface area contributed by atoms with Crippen molar-refractivity contribution < 1.29 is 4.74 Å². The fraction of sp³-hybridized carbons (Fsp3) is 0.867. The Hall–Kier alpha value is -0.340. The van der Waals surface area contributed by atoms with Crippen LogP contribution < -0.4 is 5.32 Å². The van der Waals surface area contributed by atoms with Crippen LogP contribution in [-0.4, -0.2) is 25.8 Å². The molecular weight excluding hydrogens is 210 g/mol. The molecule has 0 saturated heterocycles. The van der Waals surface area contributed by atoms with Crippen molar-refractivity contribution in [3.63, 3.8) is 0 Å². The molecule has 0 bridgehead atoms. The number of likely N-dealkylation sites (N-methyl/N-ethyl adjacent to an activating group) is 1. The van der Waals surface area contributed by atoms with Gasteiger partial charge in [0.15, 0.2) is 0 Å². The molecule has 0 aromatic rings. The third-order valence-electron chi connectivity index (χ3n) is 4.39. The Morgan fingerprint density at radius 3 is 2.18 bits per heavy atom. The van der Waals surface area contributed by atoms with Gasteiger partial charge in [0.05, 0.1) is 5.60 Å². The molecule has 1 fully saturated rings. The minimum atomic E-state index is 0.00319. The van der Waals surface area contributed by atoms with Gasteiger partial charge in [-0.15, -0.1) is 6.58 Å². The lowest BCUT2D eigenvalue weighted by Crippen LogP contribution is -2.53. The summed E-state index contributed by atoms with van der Waals surface area (Å²) in [6.45, 7) is 10.9. The zero-order chi connectivity index (χ0) is 13.1. The van der Waals surface area contributed by atoms with Crippen LogP contribution in [0.15, 0.2) is 12.2 Å². The highest BCUT2D eigenvalue weighted by molar-refractivity contribution is 5.04. The highest BCUT2D eigenvalue weighted by atomic mass is 16.5. The molecule has 1 saturated carbocycles. The van der Waals surface area contributed by atoms with Crippen LogP contribution >= 0.6 is 0 Å². The summed E-state index contributed by atoms with van der Waals surface area (Å²) in [5, 5.41) is 3.44. The number of rotatable bonds is 5. The van der Waals surface area contributed by atoms with Crippen molar-refractivity contribution in [2.24, 2.45) is 5.41 Å². The van der Waals surface area contributed by atoms with E-state index in [1.54, 1.807) is 0 Å². The zero-order valence-corrected chi connectivity index (χ0v) is 12.2. The number of nitrogens with one attached hydrogen (secondary N) is 1. The lowest BCUT2D eigenvalue weighted by molar-refractivity contribution is -0.0846. The predicted molar refractivity (Wildman–Crippen MR) is 74.3 cm³/mol. The molecule has 2 nitrogen and oxygen atoms in total. The molecule has 2 heteroatoms. The summed E-state index contributed by atoms with van der Waals surface area (Å²) < 4.78 is 5.92. The number of hydrogen-bond donors (Lipinski definition) is 1. The molecular formula is C15H29NO. The average Bonchev–Trinajstić information content (AvgIpc) is 2.27. The van der Waals surface area contributed by atoms with Crippen molar-refractivity contribution >= 4 is 0 Å². The first kappa shape index (κ1) is 14.7. The van der Waals surface area contributed by atoms with Gasteiger partial charge in [0.2, 0.25) is 0 Å². The van der Waals surface area contributed by atoms with E-state index in [9.17, 15) is 0 Å². The van der Waals surface area contributed by atoms with Gasteiger partial charge < -0.3 is 10.1 Å². The van der Waals surface area contributed by atoms with Gasteiger partial charge in [-0.3, -0.25) is 0 Å². The highest BCUT2D eigenvalue weighted by Gasteiger charge is 2.43. The van der Waals surface area contributed by atoms with Gasteiger partial charge in [0, 0.05) is 13.2 Å². The summed E-state index contributed by atoms with van der Waals surface area (Å²) in [6.07, 6.45) is 5.79. The Balaban J connectivity index is 2.77. The zero-order valence-electron chi connectivity index (χ0n) is 12.2. The molecule has 0 heterocycles. The van der Waals surface area contributed by atoms with Crippen LogP contribution in [0.25, 0.3) is 0 Å². The smallest absolute Gasteiger partial charge is 0.0834 e. The first-order valence-corrected chi connectivity index (χ1v) is 6.72. The third-order valence-corrected chi connectivity index (χ3v) is 4.39. The standard InChI is InChI=1S/C15H29NO/c1-12(2)11-13(16-5)15(17-6)9-7-14(3,4)8-10-15/h13,16H,1,7-11H2,2-6H3. The van der Waals surface area contributed by atoms with Crippen LogP contribution in [-0.2, 0) is 4.74 Å². The molecule has 0 aromatic heterocycles. The second kappa shape index (κ2) is 5.53. The van der Waals surface area contributed by atoms with Gasteiger partial charge in [-0.25, -0.2) is 0 Å². The number of hydrogen-bond acceptors (Lipinski definition) is 2. The maximum atomic E-state index is 5.92. The molecule has 1 N–H and O–H groups in total. The van der Waals surface area contributed by atoms with Crippen LogP contribution in [0.3, 0.4) is 0 Å². The topological polar surface area (TPSA) is 21.3 Å². The first-order valence-electron chi connectivity index (χ1n) is 6.72. The largest absolute Gasteiger partial charge is 0.377 e. The van der Waals surface area contributed by atoms with E-state index < -0.39 is 0 Å². The molecule has 1 aliphatic rings. The van der Waals surface area contributed by atoms with Gasteiger partial charge in [-0.05, 0) is 51.5 Å². The van der Waals surface area contributed by atoms with Gasteiger partial charge in [-0.2, -0.15) is 0 Å². The molecule has 1 unspecified atom stereocenters. The first-order chi connectivity index (χ1) is 7.85. The fourth-order valence-corrected chi connectivity index (χ4v) is 2.94. The lowest BCUT2D eigenvalue weighted by atomic mass is 9.67. The lowest BCUT2D eigenvalue weighted by Gasteiger charge is -2.47. The van der Waals surface area contributed by atoms with Crippen molar-refractivity contribution in [3.05, 3.63) is 12.2 Å². The second-order valence-corrected chi connectivity index (χ2v) is 6.44. The van der Waals surface area contributed by atoms with E-state index in [-0.39, 0.29) is 5.60 Å². The van der Waals surface area contributed by atoms with E-state index >= 15 is 0 Å². The van der Waals surface area contributed by atoms with E-state index in [0.29, 0.717) is 11.5 Å². The summed E-state index contributed by atoms with van der Waals surface area (Å²) in [5.41, 5.74) is 1.71.